The van der Waals surface area contributed by atoms with E-state index in [4.69, 9.17) is 9.15 Å². The summed E-state index contributed by atoms with van der Waals surface area (Å²) in [6, 6.07) is 14.8. The highest BCUT2D eigenvalue weighted by molar-refractivity contribution is 6.04. The summed E-state index contributed by atoms with van der Waals surface area (Å²) in [6.45, 7) is 2.30. The van der Waals surface area contributed by atoms with Gasteiger partial charge in [0.1, 0.15) is 18.1 Å². The number of benzene rings is 1. The van der Waals surface area contributed by atoms with E-state index in [9.17, 15) is 4.79 Å². The first-order valence-electron chi connectivity index (χ1n) is 7.61. The van der Waals surface area contributed by atoms with Gasteiger partial charge in [-0.05, 0) is 60.5 Å². The molecule has 0 aliphatic carbocycles. The highest BCUT2D eigenvalue weighted by atomic mass is 16.5. The Bertz CT molecular complexity index is 833. The summed E-state index contributed by atoms with van der Waals surface area (Å²) in [5.74, 6) is 1.70. The van der Waals surface area contributed by atoms with Crippen LogP contribution in [0.1, 0.15) is 27.4 Å². The van der Waals surface area contributed by atoms with Crippen molar-refractivity contribution in [1.29, 1.82) is 0 Å². The predicted octanol–water partition coefficient (Wildman–Crippen LogP) is 4.46. The fourth-order valence-electron chi connectivity index (χ4n) is 2.14. The third-order valence-electron chi connectivity index (χ3n) is 3.45. The van der Waals surface area contributed by atoms with E-state index in [0.717, 1.165) is 22.6 Å². The maximum Gasteiger partial charge on any atom is 0.221 e. The molecule has 120 valence electrons. The highest BCUT2D eigenvalue weighted by Crippen LogP contribution is 2.15. The number of hydrogen-bond acceptors (Lipinski definition) is 4. The van der Waals surface area contributed by atoms with Crippen molar-refractivity contribution in [2.45, 2.75) is 13.5 Å². The van der Waals surface area contributed by atoms with E-state index >= 15 is 0 Å². The first-order chi connectivity index (χ1) is 11.7. The standard InChI is InChI=1S/C20H17NO3/c1-15-2-9-20(24-15)19(22)8-5-16-3-6-18(7-4-16)23-14-17-10-12-21-13-11-17/h2-13H,14H2,1H3/b8-5+. The predicted molar refractivity (Wildman–Crippen MR) is 91.8 cm³/mol. The number of allylic oxidation sites excluding steroid dienone is 1. The largest absolute Gasteiger partial charge is 0.489 e. The number of carbonyl (C=O) groups excluding carboxylic acids is 1. The second-order valence-corrected chi connectivity index (χ2v) is 5.32. The van der Waals surface area contributed by atoms with Gasteiger partial charge in [-0.25, -0.2) is 0 Å². The van der Waals surface area contributed by atoms with E-state index < -0.39 is 0 Å². The Morgan fingerprint density at radius 2 is 1.83 bits per heavy atom. The fourth-order valence-corrected chi connectivity index (χ4v) is 2.14. The van der Waals surface area contributed by atoms with Crippen LogP contribution in [0.4, 0.5) is 0 Å². The molecular weight excluding hydrogens is 302 g/mol. The van der Waals surface area contributed by atoms with Crippen molar-refractivity contribution >= 4 is 11.9 Å². The summed E-state index contributed by atoms with van der Waals surface area (Å²) in [5.41, 5.74) is 1.98. The Kier molecular flexibility index (Phi) is 4.87. The van der Waals surface area contributed by atoms with Crippen LogP contribution in [0, 0.1) is 6.92 Å². The van der Waals surface area contributed by atoms with Gasteiger partial charge in [0.25, 0.3) is 0 Å². The number of ether oxygens (including phenoxy) is 1. The molecule has 24 heavy (non-hydrogen) atoms. The second-order valence-electron chi connectivity index (χ2n) is 5.32. The number of aryl methyl sites for hydroxylation is 1. The minimum absolute atomic E-state index is 0.152. The topological polar surface area (TPSA) is 52.3 Å². The summed E-state index contributed by atoms with van der Waals surface area (Å²) < 4.78 is 11.0. The number of furan rings is 1. The van der Waals surface area contributed by atoms with Crippen LogP contribution in [0.2, 0.25) is 0 Å². The molecular formula is C20H17NO3. The van der Waals surface area contributed by atoms with Gasteiger partial charge in [-0.3, -0.25) is 9.78 Å². The van der Waals surface area contributed by atoms with E-state index in [1.165, 1.54) is 6.08 Å². The van der Waals surface area contributed by atoms with E-state index in [2.05, 4.69) is 4.98 Å². The molecule has 3 rings (SSSR count). The Hall–Kier alpha value is -3.14. The third kappa shape index (κ3) is 4.20. The zero-order valence-electron chi connectivity index (χ0n) is 13.3. The molecule has 0 saturated carbocycles. The van der Waals surface area contributed by atoms with Crippen molar-refractivity contribution in [3.8, 4) is 5.75 Å². The zero-order chi connectivity index (χ0) is 16.8. The molecule has 4 nitrogen and oxygen atoms in total. The molecule has 0 saturated heterocycles. The Morgan fingerprint density at radius 1 is 1.08 bits per heavy atom. The van der Waals surface area contributed by atoms with Crippen LogP contribution in [0.25, 0.3) is 6.08 Å². The molecule has 3 aromatic rings. The summed E-state index contributed by atoms with van der Waals surface area (Å²) in [4.78, 5) is 15.9. The molecule has 0 aliphatic heterocycles. The van der Waals surface area contributed by atoms with E-state index in [-0.39, 0.29) is 5.78 Å². The van der Waals surface area contributed by atoms with Gasteiger partial charge in [-0.1, -0.05) is 18.2 Å². The molecule has 0 atom stereocenters. The van der Waals surface area contributed by atoms with Gasteiger partial charge in [0.2, 0.25) is 5.78 Å². The van der Waals surface area contributed by atoms with Gasteiger partial charge >= 0.3 is 0 Å². The number of nitrogens with zero attached hydrogens (tertiary/aromatic N) is 1. The SMILES string of the molecule is Cc1ccc(C(=O)/C=C/c2ccc(OCc3ccncc3)cc2)o1. The quantitative estimate of drug-likeness (QED) is 0.497. The average Bonchev–Trinajstić information content (AvgIpc) is 3.06. The number of rotatable bonds is 6. The van der Waals surface area contributed by atoms with Crippen LogP contribution in [-0.2, 0) is 6.61 Å². The molecule has 0 unspecified atom stereocenters. The maximum atomic E-state index is 11.9. The number of carbonyl (C=O) groups is 1. The maximum absolute atomic E-state index is 11.9. The van der Waals surface area contributed by atoms with Gasteiger partial charge in [-0.2, -0.15) is 0 Å². The highest BCUT2D eigenvalue weighted by Gasteiger charge is 2.05. The Morgan fingerprint density at radius 3 is 2.50 bits per heavy atom. The van der Waals surface area contributed by atoms with E-state index in [0.29, 0.717) is 12.4 Å². The number of hydrogen-bond donors (Lipinski definition) is 0. The second kappa shape index (κ2) is 7.42. The summed E-state index contributed by atoms with van der Waals surface area (Å²) in [7, 11) is 0. The van der Waals surface area contributed by atoms with Gasteiger partial charge in [0.15, 0.2) is 5.76 Å². The third-order valence-corrected chi connectivity index (χ3v) is 3.45. The Balaban J connectivity index is 1.58. The molecule has 0 aliphatic rings. The van der Waals surface area contributed by atoms with Crippen LogP contribution < -0.4 is 4.74 Å². The van der Waals surface area contributed by atoms with Gasteiger partial charge < -0.3 is 9.15 Å². The first kappa shape index (κ1) is 15.7. The Labute approximate surface area is 140 Å². The number of ketones is 1. The fraction of sp³-hybridized carbons (Fsp3) is 0.100. The molecule has 0 N–H and O–H groups in total. The molecule has 2 heterocycles. The summed E-state index contributed by atoms with van der Waals surface area (Å²) >= 11 is 0. The first-order valence-corrected chi connectivity index (χ1v) is 7.61. The average molecular weight is 319 g/mol. The van der Waals surface area contributed by atoms with Crippen LogP contribution in [0.5, 0.6) is 5.75 Å². The molecule has 0 amide bonds. The monoisotopic (exact) mass is 319 g/mol. The lowest BCUT2D eigenvalue weighted by molar-refractivity contribution is 0.102. The van der Waals surface area contributed by atoms with Crippen LogP contribution in [0.15, 0.2) is 71.4 Å². The van der Waals surface area contributed by atoms with Crippen molar-refractivity contribution in [3.63, 3.8) is 0 Å². The smallest absolute Gasteiger partial charge is 0.221 e. The van der Waals surface area contributed by atoms with Crippen molar-refractivity contribution in [2.24, 2.45) is 0 Å². The van der Waals surface area contributed by atoms with Gasteiger partial charge in [0, 0.05) is 12.4 Å². The van der Waals surface area contributed by atoms with Gasteiger partial charge in [-0.15, -0.1) is 0 Å². The van der Waals surface area contributed by atoms with Crippen molar-refractivity contribution in [2.75, 3.05) is 0 Å². The minimum atomic E-state index is -0.152. The van der Waals surface area contributed by atoms with Crippen LogP contribution >= 0.6 is 0 Å². The van der Waals surface area contributed by atoms with Crippen molar-refractivity contribution in [1.82, 2.24) is 4.98 Å². The molecule has 2 aromatic heterocycles. The number of aromatic nitrogens is 1. The van der Waals surface area contributed by atoms with Gasteiger partial charge in [0.05, 0.1) is 0 Å². The number of pyridine rings is 1. The summed E-state index contributed by atoms with van der Waals surface area (Å²) in [6.07, 6.45) is 6.74. The molecule has 4 heteroatoms. The van der Waals surface area contributed by atoms with E-state index in [1.54, 1.807) is 30.6 Å². The van der Waals surface area contributed by atoms with Crippen molar-refractivity contribution < 1.29 is 13.9 Å². The normalized spacial score (nSPS) is 10.9. The lowest BCUT2D eigenvalue weighted by Crippen LogP contribution is -1.95. The lowest BCUT2D eigenvalue weighted by Gasteiger charge is -2.06. The minimum Gasteiger partial charge on any atom is -0.489 e. The summed E-state index contributed by atoms with van der Waals surface area (Å²) in [5, 5.41) is 0. The zero-order valence-corrected chi connectivity index (χ0v) is 13.3. The van der Waals surface area contributed by atoms with Crippen LogP contribution in [-0.4, -0.2) is 10.8 Å². The lowest BCUT2D eigenvalue weighted by atomic mass is 10.1. The van der Waals surface area contributed by atoms with Crippen molar-refractivity contribution in [3.05, 3.63) is 89.6 Å². The molecule has 0 spiro atoms. The molecule has 0 bridgehead atoms. The molecule has 0 fully saturated rings. The molecule has 0 radical (unpaired) electrons. The molecule has 1 aromatic carbocycles. The van der Waals surface area contributed by atoms with Crippen LogP contribution in [0.3, 0.4) is 0 Å². The van der Waals surface area contributed by atoms with E-state index in [1.807, 2.05) is 43.3 Å².